The maximum atomic E-state index is 14.2. The molecule has 1 saturated heterocycles. The van der Waals surface area contributed by atoms with Crippen molar-refractivity contribution in [2.45, 2.75) is 50.7 Å². The van der Waals surface area contributed by atoms with Crippen molar-refractivity contribution in [2.75, 3.05) is 22.7 Å². The molecule has 1 atom stereocenters. The number of pyridine rings is 3. The molecule has 0 amide bonds. The zero-order chi connectivity index (χ0) is 28.6. The molecular weight excluding hydrogens is 535 g/mol. The molecule has 0 spiro atoms. The summed E-state index contributed by atoms with van der Waals surface area (Å²) in [6.45, 7) is 5.43. The summed E-state index contributed by atoms with van der Waals surface area (Å²) in [5, 5.41) is 9.24. The molecule has 1 aliphatic heterocycles. The van der Waals surface area contributed by atoms with Crippen molar-refractivity contribution in [3.63, 3.8) is 0 Å². The molecular formula is C26H28F3N5O4S. The highest BCUT2D eigenvalue weighted by Gasteiger charge is 2.40. The molecule has 0 radical (unpaired) electrons. The van der Waals surface area contributed by atoms with E-state index >= 15 is 0 Å². The van der Waals surface area contributed by atoms with Gasteiger partial charge >= 0.3 is 12.1 Å². The van der Waals surface area contributed by atoms with E-state index in [9.17, 15) is 31.5 Å². The second-order valence-corrected chi connectivity index (χ2v) is 11.7. The second kappa shape index (κ2) is 10.4. The molecule has 0 bridgehead atoms. The lowest BCUT2D eigenvalue weighted by Crippen LogP contribution is -2.46. The van der Waals surface area contributed by atoms with Crippen LogP contribution in [0.3, 0.4) is 0 Å². The largest absolute Gasteiger partial charge is 0.481 e. The first-order valence-corrected chi connectivity index (χ1v) is 13.7. The zero-order valence-corrected chi connectivity index (χ0v) is 22.3. The Morgan fingerprint density at radius 1 is 1.18 bits per heavy atom. The number of hydrogen-bond donors (Lipinski definition) is 2. The van der Waals surface area contributed by atoms with Crippen molar-refractivity contribution in [3.05, 3.63) is 59.9 Å². The lowest BCUT2D eigenvalue weighted by atomic mass is 9.82. The quantitative estimate of drug-likeness (QED) is 0.403. The number of aliphatic carboxylic acids is 1. The molecule has 4 heterocycles. The van der Waals surface area contributed by atoms with Gasteiger partial charge in [0.15, 0.2) is 5.03 Å². The van der Waals surface area contributed by atoms with E-state index < -0.39 is 44.8 Å². The highest BCUT2D eigenvalue weighted by Crippen LogP contribution is 2.42. The summed E-state index contributed by atoms with van der Waals surface area (Å²) in [5.41, 5.74) is -2.45. The van der Waals surface area contributed by atoms with Gasteiger partial charge in [-0.05, 0) is 61.6 Å². The van der Waals surface area contributed by atoms with Crippen molar-refractivity contribution >= 4 is 27.6 Å². The van der Waals surface area contributed by atoms with Crippen molar-refractivity contribution < 1.29 is 31.5 Å². The number of alkyl halides is 3. The Labute approximate surface area is 224 Å². The van der Waals surface area contributed by atoms with Crippen LogP contribution in [0.1, 0.15) is 50.7 Å². The number of hydrogen-bond acceptors (Lipinski definition) is 7. The van der Waals surface area contributed by atoms with Gasteiger partial charge in [-0.25, -0.2) is 9.97 Å². The number of aromatic nitrogens is 3. The number of rotatable bonds is 7. The molecule has 208 valence electrons. The number of nitrogens with zero attached hydrogens (tertiary/aromatic N) is 4. The molecule has 4 rings (SSSR count). The fourth-order valence-electron chi connectivity index (χ4n) is 4.61. The number of carbonyl (C=O) groups is 1. The van der Waals surface area contributed by atoms with E-state index in [4.69, 9.17) is 0 Å². The molecule has 9 nitrogen and oxygen atoms in total. The second-order valence-electron chi connectivity index (χ2n) is 10.0. The highest BCUT2D eigenvalue weighted by molar-refractivity contribution is 7.92. The van der Waals surface area contributed by atoms with E-state index in [1.165, 1.54) is 36.7 Å². The number of sulfonamides is 1. The highest BCUT2D eigenvalue weighted by atomic mass is 32.2. The van der Waals surface area contributed by atoms with E-state index in [2.05, 4.69) is 19.7 Å². The summed E-state index contributed by atoms with van der Waals surface area (Å²) in [4.78, 5) is 25.6. The molecule has 2 N–H and O–H groups in total. The third kappa shape index (κ3) is 5.97. The molecule has 0 saturated carbocycles. The van der Waals surface area contributed by atoms with Crippen LogP contribution in [0.5, 0.6) is 0 Å². The van der Waals surface area contributed by atoms with Crippen LogP contribution in [0, 0.1) is 5.41 Å². The Kier molecular flexibility index (Phi) is 7.57. The van der Waals surface area contributed by atoms with Crippen LogP contribution >= 0.6 is 0 Å². The Morgan fingerprint density at radius 2 is 1.92 bits per heavy atom. The van der Waals surface area contributed by atoms with Crippen molar-refractivity contribution in [3.8, 4) is 11.3 Å². The summed E-state index contributed by atoms with van der Waals surface area (Å²) in [5.74, 6) is -1.57. The van der Waals surface area contributed by atoms with E-state index in [0.29, 0.717) is 19.4 Å². The molecule has 1 unspecified atom stereocenters. The summed E-state index contributed by atoms with van der Waals surface area (Å²) < 4.78 is 71.4. The number of piperidine rings is 1. The SMILES string of the molecule is CC(C)c1cc(NS(=O)(=O)c2cccc(N3CCCC(C)(C(=O)O)C3)n2)nc(-c2cccnc2)c1C(F)(F)F. The summed E-state index contributed by atoms with van der Waals surface area (Å²) in [6.07, 6.45) is -1.04. The molecule has 39 heavy (non-hydrogen) atoms. The van der Waals surface area contributed by atoms with Gasteiger partial charge in [0.1, 0.15) is 11.6 Å². The fourth-order valence-corrected chi connectivity index (χ4v) is 5.57. The van der Waals surface area contributed by atoms with Crippen LogP contribution in [-0.4, -0.2) is 47.5 Å². The van der Waals surface area contributed by atoms with E-state index in [1.807, 2.05) is 0 Å². The standard InChI is InChI=1S/C26H28F3N5O4S/c1-16(2)18-13-19(31-23(22(18)26(27,28)29)17-7-5-11-30-14-17)33-39(37,38)21-9-4-8-20(32-21)34-12-6-10-25(3,15-34)24(35)36/h4-5,7-9,11,13-14,16H,6,10,12,15H2,1-3H3,(H,31,33)(H,35,36). The van der Waals surface area contributed by atoms with Gasteiger partial charge in [0.25, 0.3) is 10.0 Å². The van der Waals surface area contributed by atoms with Crippen molar-refractivity contribution in [1.29, 1.82) is 0 Å². The lowest BCUT2D eigenvalue weighted by Gasteiger charge is -2.38. The Bertz CT molecular complexity index is 1480. The monoisotopic (exact) mass is 563 g/mol. The van der Waals surface area contributed by atoms with Gasteiger partial charge in [-0.3, -0.25) is 14.5 Å². The number of nitrogens with one attached hydrogen (secondary N) is 1. The molecule has 13 heteroatoms. The van der Waals surface area contributed by atoms with Crippen molar-refractivity contribution in [1.82, 2.24) is 15.0 Å². The van der Waals surface area contributed by atoms with Gasteiger partial charge in [0.2, 0.25) is 0 Å². The van der Waals surface area contributed by atoms with Gasteiger partial charge in [0, 0.05) is 31.0 Å². The third-order valence-electron chi connectivity index (χ3n) is 6.65. The minimum absolute atomic E-state index is 0.0828. The minimum Gasteiger partial charge on any atom is -0.481 e. The first-order valence-electron chi connectivity index (χ1n) is 12.2. The summed E-state index contributed by atoms with van der Waals surface area (Å²) in [7, 11) is -4.37. The van der Waals surface area contributed by atoms with E-state index in [1.54, 1.807) is 31.7 Å². The summed E-state index contributed by atoms with van der Waals surface area (Å²) >= 11 is 0. The van der Waals surface area contributed by atoms with Crippen LogP contribution in [0.15, 0.2) is 53.8 Å². The third-order valence-corrected chi connectivity index (χ3v) is 7.91. The average molecular weight is 564 g/mol. The van der Waals surface area contributed by atoms with Crippen LogP contribution in [0.4, 0.5) is 24.8 Å². The minimum atomic E-state index is -4.75. The average Bonchev–Trinajstić information content (AvgIpc) is 2.88. The smallest absolute Gasteiger partial charge is 0.418 e. The van der Waals surface area contributed by atoms with Gasteiger partial charge < -0.3 is 10.0 Å². The van der Waals surface area contributed by atoms with E-state index in [0.717, 1.165) is 6.07 Å². The van der Waals surface area contributed by atoms with Crippen molar-refractivity contribution in [2.24, 2.45) is 5.41 Å². The van der Waals surface area contributed by atoms with Gasteiger partial charge in [-0.15, -0.1) is 0 Å². The Morgan fingerprint density at radius 3 is 2.54 bits per heavy atom. The first-order chi connectivity index (χ1) is 18.2. The van der Waals surface area contributed by atoms with Crippen LogP contribution in [0.25, 0.3) is 11.3 Å². The van der Waals surface area contributed by atoms with Crippen LogP contribution < -0.4 is 9.62 Å². The number of carboxylic acids is 1. The van der Waals surface area contributed by atoms with E-state index in [-0.39, 0.29) is 34.3 Å². The lowest BCUT2D eigenvalue weighted by molar-refractivity contribution is -0.148. The molecule has 1 aliphatic rings. The molecule has 1 fully saturated rings. The van der Waals surface area contributed by atoms with Crippen LogP contribution in [-0.2, 0) is 21.0 Å². The molecule has 3 aromatic heterocycles. The molecule has 0 aliphatic carbocycles. The molecule has 3 aromatic rings. The van der Waals surface area contributed by atoms with Gasteiger partial charge in [-0.2, -0.15) is 21.6 Å². The number of halogens is 3. The topological polar surface area (TPSA) is 125 Å². The number of carboxylic acid groups (broad SMARTS) is 1. The summed E-state index contributed by atoms with van der Waals surface area (Å²) in [6, 6.07) is 8.28. The Balaban J connectivity index is 1.74. The number of anilines is 2. The molecule has 0 aromatic carbocycles. The Hall–Kier alpha value is -3.74. The maximum Gasteiger partial charge on any atom is 0.418 e. The maximum absolute atomic E-state index is 14.2. The van der Waals surface area contributed by atoms with Gasteiger partial charge in [-0.1, -0.05) is 19.9 Å². The van der Waals surface area contributed by atoms with Crippen LogP contribution in [0.2, 0.25) is 0 Å². The normalized spacial score (nSPS) is 18.3. The van der Waals surface area contributed by atoms with Gasteiger partial charge in [0.05, 0.1) is 16.7 Å². The fraction of sp³-hybridized carbons (Fsp3) is 0.385. The predicted molar refractivity (Wildman–Crippen MR) is 139 cm³/mol. The predicted octanol–water partition coefficient (Wildman–Crippen LogP) is 5.17. The zero-order valence-electron chi connectivity index (χ0n) is 21.5. The first kappa shape index (κ1) is 28.3.